The van der Waals surface area contributed by atoms with E-state index in [4.69, 9.17) is 0 Å². The second kappa shape index (κ2) is 5.49. The number of amides is 1. The van der Waals surface area contributed by atoms with E-state index in [1.165, 1.54) is 25.7 Å². The highest BCUT2D eigenvalue weighted by Gasteiger charge is 2.52. The molecule has 0 spiro atoms. The zero-order chi connectivity index (χ0) is 13.2. The standard InChI is InChI=1S/C16H18BrNO/c17-11-7-9-12(10-8-11)18-16(19)15-13-5-3-1-2-4-6-14(13)15/h3,5,7-10,13-15H,1-2,4,6H2,(H,18,19)/t13-,14+,15-/m1/s1. The Labute approximate surface area is 122 Å². The molecule has 0 bridgehead atoms. The van der Waals surface area contributed by atoms with Crippen molar-refractivity contribution in [2.24, 2.45) is 17.8 Å². The minimum Gasteiger partial charge on any atom is -0.326 e. The molecule has 0 unspecified atom stereocenters. The highest BCUT2D eigenvalue weighted by Crippen LogP contribution is 2.51. The van der Waals surface area contributed by atoms with Gasteiger partial charge in [-0.1, -0.05) is 34.5 Å². The van der Waals surface area contributed by atoms with Crippen molar-refractivity contribution < 1.29 is 4.79 Å². The summed E-state index contributed by atoms with van der Waals surface area (Å²) in [6, 6.07) is 7.77. The highest BCUT2D eigenvalue weighted by atomic mass is 79.9. The number of nitrogens with one attached hydrogen (secondary N) is 1. The Morgan fingerprint density at radius 3 is 2.79 bits per heavy atom. The van der Waals surface area contributed by atoms with Crippen molar-refractivity contribution in [3.8, 4) is 0 Å². The first-order chi connectivity index (χ1) is 9.25. The van der Waals surface area contributed by atoms with Crippen LogP contribution in [-0.4, -0.2) is 5.91 Å². The fourth-order valence-electron chi connectivity index (χ4n) is 3.06. The van der Waals surface area contributed by atoms with Crippen LogP contribution >= 0.6 is 15.9 Å². The van der Waals surface area contributed by atoms with E-state index < -0.39 is 0 Å². The quantitative estimate of drug-likeness (QED) is 0.805. The molecule has 1 aromatic rings. The summed E-state index contributed by atoms with van der Waals surface area (Å²) in [5, 5.41) is 3.03. The van der Waals surface area contributed by atoms with Crippen LogP contribution in [0.25, 0.3) is 0 Å². The predicted molar refractivity (Wildman–Crippen MR) is 80.8 cm³/mol. The first kappa shape index (κ1) is 12.9. The van der Waals surface area contributed by atoms with Crippen molar-refractivity contribution in [3.05, 3.63) is 40.9 Å². The van der Waals surface area contributed by atoms with Gasteiger partial charge < -0.3 is 5.32 Å². The molecule has 2 aliphatic rings. The number of hydrogen-bond donors (Lipinski definition) is 1. The lowest BCUT2D eigenvalue weighted by Crippen LogP contribution is -2.15. The molecule has 100 valence electrons. The molecule has 2 aliphatic carbocycles. The van der Waals surface area contributed by atoms with Gasteiger partial charge in [-0.2, -0.15) is 0 Å². The Morgan fingerprint density at radius 1 is 1.21 bits per heavy atom. The molecular weight excluding hydrogens is 302 g/mol. The Kier molecular flexibility index (Phi) is 3.74. The Bertz CT molecular complexity index is 494. The van der Waals surface area contributed by atoms with E-state index in [0.717, 1.165) is 10.2 Å². The molecular formula is C16H18BrNO. The molecule has 19 heavy (non-hydrogen) atoms. The van der Waals surface area contributed by atoms with Gasteiger partial charge >= 0.3 is 0 Å². The van der Waals surface area contributed by atoms with Crippen LogP contribution in [0.15, 0.2) is 40.9 Å². The summed E-state index contributed by atoms with van der Waals surface area (Å²) >= 11 is 3.40. The molecule has 0 aliphatic heterocycles. The van der Waals surface area contributed by atoms with Crippen molar-refractivity contribution in [2.45, 2.75) is 25.7 Å². The molecule has 0 heterocycles. The largest absolute Gasteiger partial charge is 0.326 e. The minimum atomic E-state index is 0.184. The van der Waals surface area contributed by atoms with Crippen molar-refractivity contribution in [1.82, 2.24) is 0 Å². The maximum Gasteiger partial charge on any atom is 0.228 e. The van der Waals surface area contributed by atoms with Crippen LogP contribution in [0.5, 0.6) is 0 Å². The third-order valence-electron chi connectivity index (χ3n) is 4.16. The van der Waals surface area contributed by atoms with Crippen LogP contribution in [0.2, 0.25) is 0 Å². The molecule has 0 aromatic heterocycles. The Hall–Kier alpha value is -1.09. The number of allylic oxidation sites excluding steroid dienone is 2. The zero-order valence-electron chi connectivity index (χ0n) is 10.8. The Morgan fingerprint density at radius 2 is 2.00 bits per heavy atom. The van der Waals surface area contributed by atoms with Gasteiger partial charge in [-0.05, 0) is 55.4 Å². The number of benzene rings is 1. The topological polar surface area (TPSA) is 29.1 Å². The van der Waals surface area contributed by atoms with Gasteiger partial charge in [0, 0.05) is 16.1 Å². The van der Waals surface area contributed by atoms with Crippen LogP contribution < -0.4 is 5.32 Å². The monoisotopic (exact) mass is 319 g/mol. The van der Waals surface area contributed by atoms with E-state index in [0.29, 0.717) is 11.8 Å². The summed E-state index contributed by atoms with van der Waals surface area (Å²) in [7, 11) is 0. The average Bonchev–Trinajstić information content (AvgIpc) is 3.03. The first-order valence-electron chi connectivity index (χ1n) is 6.99. The van der Waals surface area contributed by atoms with E-state index in [-0.39, 0.29) is 11.8 Å². The van der Waals surface area contributed by atoms with E-state index in [1.807, 2.05) is 24.3 Å². The lowest BCUT2D eigenvalue weighted by atomic mass is 10.1. The number of carbonyl (C=O) groups is 1. The average molecular weight is 320 g/mol. The van der Waals surface area contributed by atoms with Gasteiger partial charge in [-0.15, -0.1) is 0 Å². The maximum atomic E-state index is 12.3. The maximum absolute atomic E-state index is 12.3. The van der Waals surface area contributed by atoms with Crippen LogP contribution in [0.3, 0.4) is 0 Å². The smallest absolute Gasteiger partial charge is 0.228 e. The number of hydrogen-bond acceptors (Lipinski definition) is 1. The molecule has 3 heteroatoms. The van der Waals surface area contributed by atoms with Crippen LogP contribution in [0.1, 0.15) is 25.7 Å². The van der Waals surface area contributed by atoms with Crippen molar-refractivity contribution in [3.63, 3.8) is 0 Å². The second-order valence-corrected chi connectivity index (χ2v) is 6.39. The highest BCUT2D eigenvalue weighted by molar-refractivity contribution is 9.10. The number of halogens is 1. The zero-order valence-corrected chi connectivity index (χ0v) is 12.4. The van der Waals surface area contributed by atoms with Gasteiger partial charge in [-0.25, -0.2) is 0 Å². The summed E-state index contributed by atoms with van der Waals surface area (Å²) in [6.45, 7) is 0. The Balaban J connectivity index is 1.64. The molecule has 1 saturated carbocycles. The molecule has 1 aromatic carbocycles. The summed E-state index contributed by atoms with van der Waals surface area (Å²) in [6.07, 6.45) is 9.41. The minimum absolute atomic E-state index is 0.184. The van der Waals surface area contributed by atoms with E-state index in [1.54, 1.807) is 0 Å². The number of rotatable bonds is 2. The second-order valence-electron chi connectivity index (χ2n) is 5.48. The lowest BCUT2D eigenvalue weighted by Gasteiger charge is -2.04. The van der Waals surface area contributed by atoms with Crippen molar-refractivity contribution in [1.29, 1.82) is 0 Å². The van der Waals surface area contributed by atoms with E-state index in [2.05, 4.69) is 33.4 Å². The number of carbonyl (C=O) groups excluding carboxylic acids is 1. The third kappa shape index (κ3) is 2.92. The van der Waals surface area contributed by atoms with Gasteiger partial charge in [0.25, 0.3) is 0 Å². The van der Waals surface area contributed by atoms with Gasteiger partial charge in [0.05, 0.1) is 0 Å². The van der Waals surface area contributed by atoms with Crippen LogP contribution in [-0.2, 0) is 4.79 Å². The predicted octanol–water partition coefficient (Wildman–Crippen LogP) is 4.38. The van der Waals surface area contributed by atoms with E-state index in [9.17, 15) is 4.79 Å². The first-order valence-corrected chi connectivity index (χ1v) is 7.78. The van der Waals surface area contributed by atoms with Gasteiger partial charge in [0.1, 0.15) is 0 Å². The summed E-state index contributed by atoms with van der Waals surface area (Å²) < 4.78 is 1.03. The molecule has 1 fully saturated rings. The van der Waals surface area contributed by atoms with Crippen molar-refractivity contribution in [2.75, 3.05) is 5.32 Å². The van der Waals surface area contributed by atoms with Crippen molar-refractivity contribution >= 4 is 27.5 Å². The van der Waals surface area contributed by atoms with Crippen LogP contribution in [0.4, 0.5) is 5.69 Å². The van der Waals surface area contributed by atoms with Gasteiger partial charge in [-0.3, -0.25) is 4.79 Å². The summed E-state index contributed by atoms with van der Waals surface area (Å²) in [4.78, 5) is 12.3. The number of anilines is 1. The molecule has 3 rings (SSSR count). The molecule has 1 N–H and O–H groups in total. The third-order valence-corrected chi connectivity index (χ3v) is 4.69. The van der Waals surface area contributed by atoms with Gasteiger partial charge in [0.15, 0.2) is 0 Å². The molecule has 2 nitrogen and oxygen atoms in total. The molecule has 0 saturated heterocycles. The molecule has 0 radical (unpaired) electrons. The normalized spacial score (nSPS) is 29.0. The molecule has 3 atom stereocenters. The van der Waals surface area contributed by atoms with E-state index >= 15 is 0 Å². The lowest BCUT2D eigenvalue weighted by molar-refractivity contribution is -0.117. The molecule has 1 amide bonds. The fraction of sp³-hybridized carbons (Fsp3) is 0.438. The van der Waals surface area contributed by atoms with Crippen LogP contribution in [0, 0.1) is 17.8 Å². The summed E-state index contributed by atoms with van der Waals surface area (Å²) in [5.41, 5.74) is 0.886. The van der Waals surface area contributed by atoms with Gasteiger partial charge in [0.2, 0.25) is 5.91 Å². The summed E-state index contributed by atoms with van der Waals surface area (Å²) in [5.74, 6) is 1.43. The SMILES string of the molecule is O=C(Nc1ccc(Br)cc1)[C@@H]1[C@@H]2C=CCCCC[C@@H]21. The number of fused-ring (bicyclic) bond motifs is 1. The fourth-order valence-corrected chi connectivity index (χ4v) is 3.32.